The minimum atomic E-state index is 0. The molecule has 3 rings (SSSR count). The number of benzene rings is 1. The zero-order chi connectivity index (χ0) is 15.0. The van der Waals surface area contributed by atoms with E-state index in [2.05, 4.69) is 20.2 Å². The van der Waals surface area contributed by atoms with E-state index in [1.807, 2.05) is 12.1 Å². The van der Waals surface area contributed by atoms with E-state index >= 15 is 0 Å². The van der Waals surface area contributed by atoms with E-state index in [9.17, 15) is 0 Å². The zero-order valence-electron chi connectivity index (χ0n) is 11.5. The van der Waals surface area contributed by atoms with E-state index in [4.69, 9.17) is 34.7 Å². The summed E-state index contributed by atoms with van der Waals surface area (Å²) < 4.78 is 0. The second-order valence-corrected chi connectivity index (χ2v) is 5.70. The number of hydrogen-bond donors (Lipinski definition) is 3. The molecule has 6 nitrogen and oxygen atoms in total. The molecule has 0 spiro atoms. The fourth-order valence-electron chi connectivity index (χ4n) is 2.29. The molecule has 2 aromatic rings. The van der Waals surface area contributed by atoms with Crippen LogP contribution in [0.2, 0.25) is 10.0 Å². The number of nitrogens with zero attached hydrogens (tertiary/aromatic N) is 3. The molecule has 9 heteroatoms. The maximum atomic E-state index is 6.20. The zero-order valence-corrected chi connectivity index (χ0v) is 13.8. The summed E-state index contributed by atoms with van der Waals surface area (Å²) in [7, 11) is 0. The summed E-state index contributed by atoms with van der Waals surface area (Å²) >= 11 is 12.1. The first-order valence-corrected chi connectivity index (χ1v) is 7.10. The third-order valence-corrected chi connectivity index (χ3v) is 3.90. The maximum Gasteiger partial charge on any atom is 0.223 e. The average Bonchev–Trinajstić information content (AvgIpc) is 2.42. The highest BCUT2D eigenvalue weighted by Gasteiger charge is 2.21. The van der Waals surface area contributed by atoms with Gasteiger partial charge >= 0.3 is 0 Å². The molecule has 0 aliphatic carbocycles. The molecular weight excluding hydrogens is 347 g/mol. The number of aromatic nitrogens is 2. The lowest BCUT2D eigenvalue weighted by atomic mass is 10.1. The van der Waals surface area contributed by atoms with Crippen LogP contribution in [0.3, 0.4) is 0 Å². The first-order valence-electron chi connectivity index (χ1n) is 6.35. The van der Waals surface area contributed by atoms with Gasteiger partial charge in [-0.15, -0.1) is 12.4 Å². The largest absolute Gasteiger partial charge is 0.383 e. The van der Waals surface area contributed by atoms with Crippen LogP contribution in [0.5, 0.6) is 0 Å². The summed E-state index contributed by atoms with van der Waals surface area (Å²) in [6, 6.07) is 5.48. The lowest BCUT2D eigenvalue weighted by molar-refractivity contribution is 0.266. The SMILES string of the molecule is Cl.Nc1nc(N)c2c(n1)NCN(Cc1ccc(Cl)cc1Cl)C2. The summed E-state index contributed by atoms with van der Waals surface area (Å²) in [4.78, 5) is 10.3. The van der Waals surface area contributed by atoms with Crippen molar-refractivity contribution in [2.24, 2.45) is 0 Å². The number of fused-ring (bicyclic) bond motifs is 1. The molecule has 0 amide bonds. The van der Waals surface area contributed by atoms with Crippen LogP contribution in [0.15, 0.2) is 18.2 Å². The number of halogens is 3. The molecule has 0 saturated heterocycles. The van der Waals surface area contributed by atoms with Gasteiger partial charge in [-0.3, -0.25) is 4.90 Å². The summed E-state index contributed by atoms with van der Waals surface area (Å²) in [6.45, 7) is 1.93. The third kappa shape index (κ3) is 3.47. The molecule has 1 aliphatic heterocycles. The third-order valence-electron chi connectivity index (χ3n) is 3.32. The highest BCUT2D eigenvalue weighted by atomic mass is 35.5. The van der Waals surface area contributed by atoms with Crippen molar-refractivity contribution in [3.8, 4) is 0 Å². The maximum absolute atomic E-state index is 6.20. The number of anilines is 3. The van der Waals surface area contributed by atoms with E-state index in [-0.39, 0.29) is 18.4 Å². The Balaban J connectivity index is 0.00000176. The highest BCUT2D eigenvalue weighted by molar-refractivity contribution is 6.35. The first kappa shape index (κ1) is 16.9. The van der Waals surface area contributed by atoms with Gasteiger partial charge in [0.05, 0.1) is 12.2 Å². The summed E-state index contributed by atoms with van der Waals surface area (Å²) in [6.07, 6.45) is 0. The van der Waals surface area contributed by atoms with Crippen LogP contribution in [0, 0.1) is 0 Å². The van der Waals surface area contributed by atoms with E-state index in [0.717, 1.165) is 11.1 Å². The second kappa shape index (κ2) is 6.75. The van der Waals surface area contributed by atoms with Crippen LogP contribution in [0.1, 0.15) is 11.1 Å². The molecular formula is C13H15Cl3N6. The van der Waals surface area contributed by atoms with E-state index in [0.29, 0.717) is 41.4 Å². The van der Waals surface area contributed by atoms with Crippen LogP contribution in [0.4, 0.5) is 17.6 Å². The van der Waals surface area contributed by atoms with E-state index in [1.165, 1.54) is 0 Å². The summed E-state index contributed by atoms with van der Waals surface area (Å²) in [5, 5.41) is 4.46. The molecule has 2 heterocycles. The fraction of sp³-hybridized carbons (Fsp3) is 0.231. The van der Waals surface area contributed by atoms with Gasteiger partial charge in [0.1, 0.15) is 11.6 Å². The Morgan fingerprint density at radius 1 is 1.23 bits per heavy atom. The van der Waals surface area contributed by atoms with Gasteiger partial charge in [-0.2, -0.15) is 9.97 Å². The summed E-state index contributed by atoms with van der Waals surface area (Å²) in [5.74, 6) is 1.27. The Hall–Kier alpha value is -1.47. The Morgan fingerprint density at radius 3 is 2.73 bits per heavy atom. The molecule has 1 aromatic carbocycles. The minimum Gasteiger partial charge on any atom is -0.383 e. The Labute approximate surface area is 144 Å². The fourth-order valence-corrected chi connectivity index (χ4v) is 2.76. The van der Waals surface area contributed by atoms with Crippen molar-refractivity contribution in [2.45, 2.75) is 13.1 Å². The highest BCUT2D eigenvalue weighted by Crippen LogP contribution is 2.28. The lowest BCUT2D eigenvalue weighted by Gasteiger charge is -2.29. The quantitative estimate of drug-likeness (QED) is 0.761. The summed E-state index contributed by atoms with van der Waals surface area (Å²) in [5.41, 5.74) is 13.3. The molecule has 1 aromatic heterocycles. The molecule has 118 valence electrons. The van der Waals surface area contributed by atoms with E-state index < -0.39 is 0 Å². The van der Waals surface area contributed by atoms with Crippen molar-refractivity contribution in [3.05, 3.63) is 39.4 Å². The standard InChI is InChI=1S/C13H14Cl2N6.ClH/c14-8-2-1-7(10(15)3-8)4-21-5-9-11(16)19-13(17)20-12(9)18-6-21;/h1-3H,4-6H2,(H5,16,17,18,19,20);1H. The lowest BCUT2D eigenvalue weighted by Crippen LogP contribution is -2.34. The van der Waals surface area contributed by atoms with Crippen LogP contribution in [-0.4, -0.2) is 21.5 Å². The number of nitrogens with two attached hydrogens (primary N) is 2. The molecule has 0 radical (unpaired) electrons. The van der Waals surface area contributed by atoms with Crippen LogP contribution in [-0.2, 0) is 13.1 Å². The Bertz CT molecular complexity index is 694. The van der Waals surface area contributed by atoms with Gasteiger partial charge in [-0.25, -0.2) is 0 Å². The van der Waals surface area contributed by atoms with Gasteiger partial charge in [0.2, 0.25) is 5.95 Å². The second-order valence-electron chi connectivity index (χ2n) is 4.85. The number of nitrogens with one attached hydrogen (secondary N) is 1. The molecule has 1 aliphatic rings. The number of hydrogen-bond acceptors (Lipinski definition) is 6. The molecule has 0 atom stereocenters. The predicted molar refractivity (Wildman–Crippen MR) is 92.3 cm³/mol. The Morgan fingerprint density at radius 2 is 2.00 bits per heavy atom. The van der Waals surface area contributed by atoms with Crippen molar-refractivity contribution >= 4 is 53.2 Å². The number of rotatable bonds is 2. The van der Waals surface area contributed by atoms with Crippen molar-refractivity contribution in [3.63, 3.8) is 0 Å². The number of nitrogen functional groups attached to an aromatic ring is 2. The normalized spacial score (nSPS) is 13.9. The van der Waals surface area contributed by atoms with E-state index in [1.54, 1.807) is 6.07 Å². The van der Waals surface area contributed by atoms with Gasteiger partial charge in [-0.05, 0) is 17.7 Å². The van der Waals surface area contributed by atoms with Crippen molar-refractivity contribution in [1.82, 2.24) is 14.9 Å². The smallest absolute Gasteiger partial charge is 0.223 e. The monoisotopic (exact) mass is 360 g/mol. The van der Waals surface area contributed by atoms with Gasteiger partial charge in [0.25, 0.3) is 0 Å². The van der Waals surface area contributed by atoms with Crippen molar-refractivity contribution in [1.29, 1.82) is 0 Å². The molecule has 0 saturated carbocycles. The minimum absolute atomic E-state index is 0. The van der Waals surface area contributed by atoms with Gasteiger partial charge in [-0.1, -0.05) is 29.3 Å². The van der Waals surface area contributed by atoms with Crippen molar-refractivity contribution < 1.29 is 0 Å². The van der Waals surface area contributed by atoms with Crippen LogP contribution < -0.4 is 16.8 Å². The average molecular weight is 362 g/mol. The Kier molecular flexibility index (Phi) is 5.18. The van der Waals surface area contributed by atoms with Crippen molar-refractivity contribution in [2.75, 3.05) is 23.5 Å². The van der Waals surface area contributed by atoms with Crippen LogP contribution in [0.25, 0.3) is 0 Å². The predicted octanol–water partition coefficient (Wildman–Crippen LogP) is 2.75. The van der Waals surface area contributed by atoms with Gasteiger partial charge in [0.15, 0.2) is 0 Å². The van der Waals surface area contributed by atoms with Crippen LogP contribution >= 0.6 is 35.6 Å². The topological polar surface area (TPSA) is 93.1 Å². The first-order chi connectivity index (χ1) is 10.0. The van der Waals surface area contributed by atoms with Gasteiger partial charge in [0, 0.05) is 23.1 Å². The molecule has 5 N–H and O–H groups in total. The molecule has 0 unspecified atom stereocenters. The molecule has 0 bridgehead atoms. The molecule has 22 heavy (non-hydrogen) atoms. The molecule has 0 fully saturated rings. The van der Waals surface area contributed by atoms with Gasteiger partial charge < -0.3 is 16.8 Å².